The highest BCUT2D eigenvalue weighted by Crippen LogP contribution is 2.45. The lowest BCUT2D eigenvalue weighted by Crippen LogP contribution is -2.32. The summed E-state index contributed by atoms with van der Waals surface area (Å²) >= 11 is 0. The highest BCUT2D eigenvalue weighted by molar-refractivity contribution is 5.73. The Bertz CT molecular complexity index is 769. The van der Waals surface area contributed by atoms with Crippen molar-refractivity contribution in [1.82, 2.24) is 15.0 Å². The number of benzene rings is 2. The van der Waals surface area contributed by atoms with Crippen LogP contribution in [0.5, 0.6) is 0 Å². The van der Waals surface area contributed by atoms with Gasteiger partial charge in [0, 0.05) is 6.42 Å². The summed E-state index contributed by atoms with van der Waals surface area (Å²) in [5, 5.41) is 19.2. The molecule has 5 heteroatoms. The first-order valence-corrected chi connectivity index (χ1v) is 7.40. The minimum Gasteiger partial charge on any atom is -0.368 e. The molecule has 0 aliphatic carbocycles. The van der Waals surface area contributed by atoms with Crippen molar-refractivity contribution in [3.8, 4) is 0 Å². The Morgan fingerprint density at radius 2 is 1.64 bits per heavy atom. The predicted octanol–water partition coefficient (Wildman–Crippen LogP) is 2.63. The maximum absolute atomic E-state index is 10.0. The van der Waals surface area contributed by atoms with E-state index in [2.05, 4.69) is 10.2 Å². The molecule has 4 rings (SSSR count). The number of aromatic nitrogens is 3. The fourth-order valence-corrected chi connectivity index (χ4v) is 3.19. The Hall–Kier alpha value is -2.24. The molecule has 1 saturated heterocycles. The normalized spacial score (nSPS) is 28.3. The van der Waals surface area contributed by atoms with Crippen LogP contribution < -0.4 is 0 Å². The molecule has 0 bridgehead atoms. The van der Waals surface area contributed by atoms with E-state index in [4.69, 9.17) is 4.74 Å². The summed E-state index contributed by atoms with van der Waals surface area (Å²) in [7, 11) is 0. The summed E-state index contributed by atoms with van der Waals surface area (Å²) in [5.41, 5.74) is 2.05. The number of hydrogen-bond acceptors (Lipinski definition) is 4. The first-order chi connectivity index (χ1) is 10.7. The lowest BCUT2D eigenvalue weighted by molar-refractivity contribution is -0.139. The van der Waals surface area contributed by atoms with Gasteiger partial charge in [0.1, 0.15) is 22.7 Å². The first-order valence-electron chi connectivity index (χ1n) is 7.40. The van der Waals surface area contributed by atoms with E-state index < -0.39 is 11.9 Å². The van der Waals surface area contributed by atoms with Crippen LogP contribution in [-0.4, -0.2) is 26.4 Å². The SMILES string of the molecule is CC1(c2ccccc2)OC(O)CC1n1nc2ccccc2n1. The molecule has 3 atom stereocenters. The number of rotatable bonds is 2. The second-order valence-corrected chi connectivity index (χ2v) is 5.81. The van der Waals surface area contributed by atoms with Gasteiger partial charge in [-0.3, -0.25) is 0 Å². The monoisotopic (exact) mass is 295 g/mol. The summed E-state index contributed by atoms with van der Waals surface area (Å²) in [4.78, 5) is 1.69. The Labute approximate surface area is 128 Å². The van der Waals surface area contributed by atoms with Crippen molar-refractivity contribution in [3.05, 3.63) is 60.2 Å². The van der Waals surface area contributed by atoms with Crippen molar-refractivity contribution in [2.45, 2.75) is 31.3 Å². The standard InChI is InChI=1S/C17H17N3O2/c1-17(12-7-3-2-4-8-12)15(11-16(21)22-17)20-18-13-9-5-6-10-14(13)19-20/h2-10,15-16,21H,11H2,1H3. The van der Waals surface area contributed by atoms with Crippen molar-refractivity contribution < 1.29 is 9.84 Å². The molecule has 2 aromatic carbocycles. The minimum absolute atomic E-state index is 0.155. The van der Waals surface area contributed by atoms with Gasteiger partial charge in [0.15, 0.2) is 6.29 Å². The Balaban J connectivity index is 1.81. The summed E-state index contributed by atoms with van der Waals surface area (Å²) in [6, 6.07) is 17.5. The van der Waals surface area contributed by atoms with E-state index in [9.17, 15) is 5.11 Å². The molecule has 0 radical (unpaired) electrons. The Morgan fingerprint density at radius 1 is 1.05 bits per heavy atom. The van der Waals surface area contributed by atoms with E-state index in [1.54, 1.807) is 4.80 Å². The third-order valence-corrected chi connectivity index (χ3v) is 4.37. The van der Waals surface area contributed by atoms with Gasteiger partial charge in [-0.25, -0.2) is 0 Å². The molecular formula is C17H17N3O2. The summed E-state index contributed by atoms with van der Waals surface area (Å²) in [5.74, 6) is 0. The molecule has 22 heavy (non-hydrogen) atoms. The molecule has 0 amide bonds. The third kappa shape index (κ3) is 2.01. The molecule has 3 unspecified atom stereocenters. The van der Waals surface area contributed by atoms with Gasteiger partial charge in [-0.2, -0.15) is 15.0 Å². The zero-order chi connectivity index (χ0) is 15.2. The van der Waals surface area contributed by atoms with E-state index in [-0.39, 0.29) is 6.04 Å². The largest absolute Gasteiger partial charge is 0.368 e. The van der Waals surface area contributed by atoms with Crippen LogP contribution in [-0.2, 0) is 10.3 Å². The Morgan fingerprint density at radius 3 is 2.27 bits per heavy atom. The molecule has 1 N–H and O–H groups in total. The molecule has 1 fully saturated rings. The molecule has 1 aliphatic heterocycles. The summed E-state index contributed by atoms with van der Waals surface area (Å²) in [6.45, 7) is 1.98. The third-order valence-electron chi connectivity index (χ3n) is 4.37. The number of aliphatic hydroxyl groups excluding tert-OH is 1. The molecule has 5 nitrogen and oxygen atoms in total. The van der Waals surface area contributed by atoms with E-state index in [1.807, 2.05) is 61.5 Å². The van der Waals surface area contributed by atoms with Crippen LogP contribution in [0.15, 0.2) is 54.6 Å². The van der Waals surface area contributed by atoms with Gasteiger partial charge in [0.2, 0.25) is 0 Å². The van der Waals surface area contributed by atoms with Gasteiger partial charge in [-0.05, 0) is 24.6 Å². The highest BCUT2D eigenvalue weighted by Gasteiger charge is 2.48. The van der Waals surface area contributed by atoms with Crippen LogP contribution in [0.1, 0.15) is 24.9 Å². The van der Waals surface area contributed by atoms with E-state index in [0.29, 0.717) is 6.42 Å². The average Bonchev–Trinajstić information content (AvgIpc) is 3.09. The summed E-state index contributed by atoms with van der Waals surface area (Å²) < 4.78 is 5.85. The molecule has 0 saturated carbocycles. The van der Waals surface area contributed by atoms with Crippen LogP contribution in [0.4, 0.5) is 0 Å². The van der Waals surface area contributed by atoms with Crippen LogP contribution in [0, 0.1) is 0 Å². The molecule has 1 aromatic heterocycles. The van der Waals surface area contributed by atoms with E-state index >= 15 is 0 Å². The zero-order valence-corrected chi connectivity index (χ0v) is 12.3. The van der Waals surface area contributed by atoms with E-state index in [1.165, 1.54) is 0 Å². The molecule has 112 valence electrons. The number of fused-ring (bicyclic) bond motifs is 1. The smallest absolute Gasteiger partial charge is 0.158 e. The van der Waals surface area contributed by atoms with Gasteiger partial charge < -0.3 is 9.84 Å². The Kier molecular flexibility index (Phi) is 2.99. The van der Waals surface area contributed by atoms with Crippen molar-refractivity contribution >= 4 is 11.0 Å². The van der Waals surface area contributed by atoms with Gasteiger partial charge in [0.25, 0.3) is 0 Å². The second kappa shape index (κ2) is 4.90. The van der Waals surface area contributed by atoms with Gasteiger partial charge in [-0.15, -0.1) is 0 Å². The van der Waals surface area contributed by atoms with Crippen LogP contribution in [0.3, 0.4) is 0 Å². The van der Waals surface area contributed by atoms with Gasteiger partial charge in [-0.1, -0.05) is 42.5 Å². The minimum atomic E-state index is -0.815. The number of ether oxygens (including phenoxy) is 1. The molecular weight excluding hydrogens is 278 g/mol. The topological polar surface area (TPSA) is 60.2 Å². The van der Waals surface area contributed by atoms with Crippen molar-refractivity contribution in [1.29, 1.82) is 0 Å². The van der Waals surface area contributed by atoms with Gasteiger partial charge in [0.05, 0.1) is 0 Å². The van der Waals surface area contributed by atoms with Gasteiger partial charge >= 0.3 is 0 Å². The van der Waals surface area contributed by atoms with Crippen molar-refractivity contribution in [3.63, 3.8) is 0 Å². The van der Waals surface area contributed by atoms with Crippen molar-refractivity contribution in [2.75, 3.05) is 0 Å². The quantitative estimate of drug-likeness (QED) is 0.789. The maximum Gasteiger partial charge on any atom is 0.158 e. The zero-order valence-electron chi connectivity index (χ0n) is 12.3. The molecule has 0 spiro atoms. The van der Waals surface area contributed by atoms with Crippen LogP contribution >= 0.6 is 0 Å². The van der Waals surface area contributed by atoms with Crippen LogP contribution in [0.25, 0.3) is 11.0 Å². The fraction of sp³-hybridized carbons (Fsp3) is 0.294. The van der Waals surface area contributed by atoms with Crippen LogP contribution in [0.2, 0.25) is 0 Å². The van der Waals surface area contributed by atoms with E-state index in [0.717, 1.165) is 16.6 Å². The lowest BCUT2D eigenvalue weighted by atomic mass is 9.89. The number of nitrogens with zero attached hydrogens (tertiary/aromatic N) is 3. The summed E-state index contributed by atoms with van der Waals surface area (Å²) in [6.07, 6.45) is -0.351. The molecule has 3 aromatic rings. The first kappa shape index (κ1) is 13.4. The average molecular weight is 295 g/mol. The fourth-order valence-electron chi connectivity index (χ4n) is 3.19. The lowest BCUT2D eigenvalue weighted by Gasteiger charge is -2.30. The highest BCUT2D eigenvalue weighted by atomic mass is 16.6. The molecule has 2 heterocycles. The van der Waals surface area contributed by atoms with Crippen molar-refractivity contribution in [2.24, 2.45) is 0 Å². The maximum atomic E-state index is 10.0. The predicted molar refractivity (Wildman–Crippen MR) is 82.1 cm³/mol. The second-order valence-electron chi connectivity index (χ2n) is 5.81. The molecule has 1 aliphatic rings. The number of hydrogen-bond donors (Lipinski definition) is 1. The number of aliphatic hydroxyl groups is 1.